The van der Waals surface area contributed by atoms with Crippen LogP contribution in [-0.4, -0.2) is 55.0 Å². The second-order valence-corrected chi connectivity index (χ2v) is 9.55. The van der Waals surface area contributed by atoms with Crippen LogP contribution in [0.15, 0.2) is 64.4 Å². The van der Waals surface area contributed by atoms with Crippen LogP contribution in [0, 0.1) is 5.82 Å². The standard InChI is InChI=1S/C19H21FN2O3S2/c1-15(26-18-10-6-5-9-17(18)20)19(23)21-11-13-22(14-12-21)27(24,25)16-7-3-2-4-8-16/h2-10,15H,11-14H2,1H3/t15-/m0/s1. The minimum absolute atomic E-state index is 0.111. The summed E-state index contributed by atoms with van der Waals surface area (Å²) < 4.78 is 40.5. The fourth-order valence-corrected chi connectivity index (χ4v) is 5.34. The zero-order valence-electron chi connectivity index (χ0n) is 14.9. The predicted octanol–water partition coefficient (Wildman–Crippen LogP) is 2.84. The van der Waals surface area contributed by atoms with Gasteiger partial charge < -0.3 is 4.90 Å². The summed E-state index contributed by atoms with van der Waals surface area (Å²) in [7, 11) is -3.55. The van der Waals surface area contributed by atoms with E-state index in [0.29, 0.717) is 18.0 Å². The van der Waals surface area contributed by atoms with Gasteiger partial charge in [-0.3, -0.25) is 4.79 Å². The molecule has 1 saturated heterocycles. The second-order valence-electron chi connectivity index (χ2n) is 6.23. The molecule has 3 rings (SSSR count). The zero-order valence-corrected chi connectivity index (χ0v) is 16.5. The average molecular weight is 409 g/mol. The van der Waals surface area contributed by atoms with Crippen molar-refractivity contribution in [3.05, 3.63) is 60.4 Å². The number of hydrogen-bond donors (Lipinski definition) is 0. The minimum atomic E-state index is -3.55. The summed E-state index contributed by atoms with van der Waals surface area (Å²) >= 11 is 1.18. The van der Waals surface area contributed by atoms with Gasteiger partial charge in [0.2, 0.25) is 15.9 Å². The van der Waals surface area contributed by atoms with Crippen molar-refractivity contribution in [1.82, 2.24) is 9.21 Å². The molecule has 1 fully saturated rings. The Morgan fingerprint density at radius 1 is 1.00 bits per heavy atom. The van der Waals surface area contributed by atoms with Crippen LogP contribution in [0.4, 0.5) is 4.39 Å². The SMILES string of the molecule is C[C@H](Sc1ccccc1F)C(=O)N1CCN(S(=O)(=O)c2ccccc2)CC1. The Bertz CT molecular complexity index is 898. The molecule has 2 aromatic rings. The Labute approximate surface area is 163 Å². The molecular weight excluding hydrogens is 387 g/mol. The highest BCUT2D eigenvalue weighted by molar-refractivity contribution is 8.00. The van der Waals surface area contributed by atoms with E-state index in [1.165, 1.54) is 22.1 Å². The van der Waals surface area contributed by atoms with E-state index in [0.717, 1.165) is 0 Å². The van der Waals surface area contributed by atoms with E-state index in [4.69, 9.17) is 0 Å². The third-order valence-corrected chi connectivity index (χ3v) is 7.47. The lowest BCUT2D eigenvalue weighted by atomic mass is 10.3. The van der Waals surface area contributed by atoms with Crippen molar-refractivity contribution >= 4 is 27.7 Å². The largest absolute Gasteiger partial charge is 0.339 e. The van der Waals surface area contributed by atoms with E-state index < -0.39 is 15.3 Å². The van der Waals surface area contributed by atoms with E-state index in [1.807, 2.05) is 0 Å². The van der Waals surface area contributed by atoms with Gasteiger partial charge in [0.15, 0.2) is 0 Å². The Kier molecular flexibility index (Phi) is 6.18. The number of nitrogens with zero attached hydrogens (tertiary/aromatic N) is 2. The summed E-state index contributed by atoms with van der Waals surface area (Å²) in [4.78, 5) is 15.0. The van der Waals surface area contributed by atoms with E-state index in [-0.39, 0.29) is 29.7 Å². The first-order valence-corrected chi connectivity index (χ1v) is 11.0. The molecule has 1 amide bonds. The van der Waals surface area contributed by atoms with Gasteiger partial charge in [-0.1, -0.05) is 30.3 Å². The first-order valence-electron chi connectivity index (χ1n) is 8.65. The lowest BCUT2D eigenvalue weighted by Crippen LogP contribution is -2.52. The van der Waals surface area contributed by atoms with E-state index >= 15 is 0 Å². The van der Waals surface area contributed by atoms with Crippen LogP contribution >= 0.6 is 11.8 Å². The number of halogens is 1. The Morgan fingerprint density at radius 3 is 2.22 bits per heavy atom. The molecule has 1 aliphatic rings. The highest BCUT2D eigenvalue weighted by atomic mass is 32.2. The lowest BCUT2D eigenvalue weighted by Gasteiger charge is -2.35. The van der Waals surface area contributed by atoms with Crippen LogP contribution in [0.3, 0.4) is 0 Å². The Balaban J connectivity index is 1.60. The van der Waals surface area contributed by atoms with Crippen LogP contribution in [0.2, 0.25) is 0 Å². The number of carbonyl (C=O) groups is 1. The molecular formula is C19H21FN2O3S2. The summed E-state index contributed by atoms with van der Waals surface area (Å²) in [6.07, 6.45) is 0. The third-order valence-electron chi connectivity index (χ3n) is 4.42. The highest BCUT2D eigenvalue weighted by Gasteiger charge is 2.31. The topological polar surface area (TPSA) is 57.7 Å². The fraction of sp³-hybridized carbons (Fsp3) is 0.316. The normalized spacial score (nSPS) is 16.9. The van der Waals surface area contributed by atoms with Crippen LogP contribution in [0.1, 0.15) is 6.92 Å². The predicted molar refractivity (Wildman–Crippen MR) is 103 cm³/mol. The highest BCUT2D eigenvalue weighted by Crippen LogP contribution is 2.27. The average Bonchev–Trinajstić information content (AvgIpc) is 2.70. The molecule has 0 aromatic heterocycles. The summed E-state index contributed by atoms with van der Waals surface area (Å²) in [6, 6.07) is 14.6. The number of piperazine rings is 1. The number of carbonyl (C=O) groups excluding carboxylic acids is 1. The van der Waals surface area contributed by atoms with Crippen molar-refractivity contribution in [3.63, 3.8) is 0 Å². The molecule has 27 heavy (non-hydrogen) atoms. The summed E-state index contributed by atoms with van der Waals surface area (Å²) in [5.41, 5.74) is 0. The lowest BCUT2D eigenvalue weighted by molar-refractivity contribution is -0.131. The quantitative estimate of drug-likeness (QED) is 0.714. The monoisotopic (exact) mass is 408 g/mol. The first kappa shape index (κ1) is 19.9. The van der Waals surface area contributed by atoms with Gasteiger partial charge in [0.05, 0.1) is 10.1 Å². The van der Waals surface area contributed by atoms with E-state index in [2.05, 4.69) is 0 Å². The minimum Gasteiger partial charge on any atom is -0.339 e. The molecule has 0 saturated carbocycles. The summed E-state index contributed by atoms with van der Waals surface area (Å²) in [5.74, 6) is -0.457. The maximum absolute atomic E-state index is 13.8. The number of thioether (sulfide) groups is 1. The molecule has 1 aliphatic heterocycles. The van der Waals surface area contributed by atoms with Crippen molar-refractivity contribution in [2.75, 3.05) is 26.2 Å². The summed E-state index contributed by atoms with van der Waals surface area (Å²) in [6.45, 7) is 2.90. The number of benzene rings is 2. The van der Waals surface area contributed by atoms with Gasteiger partial charge in [-0.15, -0.1) is 11.8 Å². The third kappa shape index (κ3) is 4.51. The van der Waals surface area contributed by atoms with Gasteiger partial charge in [-0.2, -0.15) is 4.31 Å². The smallest absolute Gasteiger partial charge is 0.243 e. The maximum Gasteiger partial charge on any atom is 0.243 e. The molecule has 0 bridgehead atoms. The van der Waals surface area contributed by atoms with Crippen LogP contribution in [-0.2, 0) is 14.8 Å². The van der Waals surface area contributed by atoms with Crippen molar-refractivity contribution in [2.45, 2.75) is 22.0 Å². The fourth-order valence-electron chi connectivity index (χ4n) is 2.93. The van der Waals surface area contributed by atoms with Gasteiger partial charge >= 0.3 is 0 Å². The molecule has 1 atom stereocenters. The van der Waals surface area contributed by atoms with Crippen molar-refractivity contribution in [3.8, 4) is 0 Å². The molecule has 0 unspecified atom stereocenters. The van der Waals surface area contributed by atoms with Gasteiger partial charge in [-0.05, 0) is 31.2 Å². The molecule has 0 radical (unpaired) electrons. The molecule has 0 aliphatic carbocycles. The first-order chi connectivity index (χ1) is 12.9. The van der Waals surface area contributed by atoms with Crippen molar-refractivity contribution in [1.29, 1.82) is 0 Å². The molecule has 8 heteroatoms. The van der Waals surface area contributed by atoms with Crippen molar-refractivity contribution in [2.24, 2.45) is 0 Å². The van der Waals surface area contributed by atoms with Gasteiger partial charge in [0.25, 0.3) is 0 Å². The van der Waals surface area contributed by atoms with Crippen LogP contribution in [0.5, 0.6) is 0 Å². The molecule has 1 heterocycles. The zero-order chi connectivity index (χ0) is 19.4. The number of sulfonamides is 1. The molecule has 2 aromatic carbocycles. The van der Waals surface area contributed by atoms with Crippen LogP contribution < -0.4 is 0 Å². The maximum atomic E-state index is 13.8. The molecule has 5 nitrogen and oxygen atoms in total. The number of rotatable bonds is 5. The molecule has 144 valence electrons. The number of amides is 1. The summed E-state index contributed by atoms with van der Waals surface area (Å²) in [5, 5.41) is -0.445. The van der Waals surface area contributed by atoms with E-state index in [9.17, 15) is 17.6 Å². The van der Waals surface area contributed by atoms with Gasteiger partial charge in [0.1, 0.15) is 5.82 Å². The van der Waals surface area contributed by atoms with Gasteiger partial charge in [-0.25, -0.2) is 12.8 Å². The molecule has 0 N–H and O–H groups in total. The Hall–Kier alpha value is -1.90. The second kappa shape index (κ2) is 8.41. The number of hydrogen-bond acceptors (Lipinski definition) is 4. The van der Waals surface area contributed by atoms with E-state index in [1.54, 1.807) is 60.4 Å². The Morgan fingerprint density at radius 2 is 1.59 bits per heavy atom. The molecule has 0 spiro atoms. The van der Waals surface area contributed by atoms with Crippen molar-refractivity contribution < 1.29 is 17.6 Å². The van der Waals surface area contributed by atoms with Crippen LogP contribution in [0.25, 0.3) is 0 Å². The van der Waals surface area contributed by atoms with Gasteiger partial charge in [0, 0.05) is 31.1 Å².